The van der Waals surface area contributed by atoms with Crippen molar-refractivity contribution in [1.29, 1.82) is 0 Å². The number of rotatable bonds is 0. The minimum absolute atomic E-state index is 0.185. The van der Waals surface area contributed by atoms with Crippen LogP contribution in [0.1, 0.15) is 11.1 Å². The van der Waals surface area contributed by atoms with Crippen molar-refractivity contribution in [3.05, 3.63) is 35.1 Å². The average Bonchev–Trinajstić information content (AvgIpc) is 2.27. The van der Waals surface area contributed by atoms with Gasteiger partial charge in [-0.15, -0.1) is 0 Å². The maximum Gasteiger partial charge on any atom is 0.123 e. The fraction of sp³-hybridized carbons (Fsp3) is 0.250. The van der Waals surface area contributed by atoms with E-state index in [1.165, 1.54) is 12.1 Å². The van der Waals surface area contributed by atoms with Crippen molar-refractivity contribution in [3.8, 4) is 0 Å². The Balaban J connectivity index is 2.43. The molecule has 1 nitrogen and oxygen atoms in total. The van der Waals surface area contributed by atoms with Crippen LogP contribution in [0.4, 0.5) is 4.39 Å². The van der Waals surface area contributed by atoms with Crippen LogP contribution in [-0.2, 0) is 13.1 Å². The van der Waals surface area contributed by atoms with Crippen LogP contribution in [0.15, 0.2) is 18.2 Å². The summed E-state index contributed by atoms with van der Waals surface area (Å²) in [5.74, 6) is -0.185. The molecule has 0 N–H and O–H groups in total. The van der Waals surface area contributed by atoms with Gasteiger partial charge in [0.25, 0.3) is 0 Å². The summed E-state index contributed by atoms with van der Waals surface area (Å²) in [6, 6.07) is 4.79. The van der Waals surface area contributed by atoms with E-state index in [0.29, 0.717) is 6.54 Å². The first-order valence-corrected chi connectivity index (χ1v) is 3.77. The molecule has 0 aromatic heterocycles. The lowest BCUT2D eigenvalue weighted by atomic mass is 10.1. The van der Waals surface area contributed by atoms with Crippen LogP contribution in [0, 0.1) is 5.82 Å². The van der Waals surface area contributed by atoms with Crippen molar-refractivity contribution in [2.75, 3.05) is 0 Å². The zero-order valence-electron chi connectivity index (χ0n) is 5.85. The molecule has 1 aromatic rings. The topological polar surface area (TPSA) is 3.24 Å². The lowest BCUT2D eigenvalue weighted by Crippen LogP contribution is -1.98. The van der Waals surface area contributed by atoms with E-state index < -0.39 is 0 Å². The fourth-order valence-corrected chi connectivity index (χ4v) is 1.58. The SMILES string of the molecule is Fc1ccc2c(c1)CN(Cl)C2. The Bertz CT molecular complexity index is 287. The van der Waals surface area contributed by atoms with Crippen molar-refractivity contribution in [2.45, 2.75) is 13.1 Å². The van der Waals surface area contributed by atoms with Gasteiger partial charge in [-0.1, -0.05) is 6.07 Å². The van der Waals surface area contributed by atoms with E-state index in [0.717, 1.165) is 17.7 Å². The predicted octanol–water partition coefficient (Wildman–Crippen LogP) is 2.30. The van der Waals surface area contributed by atoms with Crippen molar-refractivity contribution in [2.24, 2.45) is 0 Å². The molecule has 1 aliphatic heterocycles. The maximum absolute atomic E-state index is 12.6. The molecule has 0 saturated carbocycles. The summed E-state index contributed by atoms with van der Waals surface area (Å²) >= 11 is 5.74. The van der Waals surface area contributed by atoms with Gasteiger partial charge in [0.05, 0.1) is 0 Å². The van der Waals surface area contributed by atoms with E-state index in [2.05, 4.69) is 0 Å². The Kier molecular flexibility index (Phi) is 1.59. The highest BCUT2D eigenvalue weighted by atomic mass is 35.5. The molecule has 0 atom stereocenters. The summed E-state index contributed by atoms with van der Waals surface area (Å²) < 4.78 is 14.3. The molecule has 11 heavy (non-hydrogen) atoms. The molecule has 0 fully saturated rings. The first-order valence-electron chi connectivity index (χ1n) is 3.44. The smallest absolute Gasteiger partial charge is 0.123 e. The summed E-state index contributed by atoms with van der Waals surface area (Å²) in [6.45, 7) is 1.37. The molecule has 0 saturated heterocycles. The quantitative estimate of drug-likeness (QED) is 0.542. The highest BCUT2D eigenvalue weighted by molar-refractivity contribution is 6.13. The molecule has 0 radical (unpaired) electrons. The van der Waals surface area contributed by atoms with Crippen LogP contribution in [0.3, 0.4) is 0 Å². The number of benzene rings is 1. The van der Waals surface area contributed by atoms with Crippen LogP contribution in [-0.4, -0.2) is 4.42 Å². The zero-order valence-corrected chi connectivity index (χ0v) is 6.61. The molecule has 0 unspecified atom stereocenters. The third-order valence-electron chi connectivity index (χ3n) is 1.85. The lowest BCUT2D eigenvalue weighted by molar-refractivity contribution is 0.490. The van der Waals surface area contributed by atoms with Gasteiger partial charge in [-0.05, 0) is 35.0 Å². The summed E-state index contributed by atoms with van der Waals surface area (Å²) in [4.78, 5) is 0. The molecule has 0 aliphatic carbocycles. The first-order chi connectivity index (χ1) is 5.25. The van der Waals surface area contributed by atoms with Crippen LogP contribution in [0.5, 0.6) is 0 Å². The number of nitrogens with zero attached hydrogens (tertiary/aromatic N) is 1. The van der Waals surface area contributed by atoms with Gasteiger partial charge in [-0.25, -0.2) is 8.81 Å². The van der Waals surface area contributed by atoms with Gasteiger partial charge >= 0.3 is 0 Å². The molecule has 58 valence electrons. The Morgan fingerprint density at radius 1 is 1.27 bits per heavy atom. The van der Waals surface area contributed by atoms with Crippen molar-refractivity contribution < 1.29 is 4.39 Å². The highest BCUT2D eigenvalue weighted by Crippen LogP contribution is 2.24. The summed E-state index contributed by atoms with van der Waals surface area (Å²) in [5.41, 5.74) is 2.13. The Labute approximate surface area is 69.5 Å². The van der Waals surface area contributed by atoms with E-state index in [1.54, 1.807) is 10.5 Å². The Morgan fingerprint density at radius 2 is 2.00 bits per heavy atom. The van der Waals surface area contributed by atoms with Crippen LogP contribution in [0.2, 0.25) is 0 Å². The molecular formula is C8H7ClFN. The number of hydrogen-bond donors (Lipinski definition) is 0. The van der Waals surface area contributed by atoms with Gasteiger partial charge in [0.2, 0.25) is 0 Å². The standard InChI is InChI=1S/C8H7ClFN/c9-11-4-6-1-2-8(10)3-7(6)5-11/h1-3H,4-5H2. The third-order valence-corrected chi connectivity index (χ3v) is 2.09. The minimum Gasteiger partial charge on any atom is -0.211 e. The van der Waals surface area contributed by atoms with Gasteiger partial charge in [0.1, 0.15) is 5.82 Å². The largest absolute Gasteiger partial charge is 0.211 e. The van der Waals surface area contributed by atoms with E-state index in [9.17, 15) is 4.39 Å². The van der Waals surface area contributed by atoms with E-state index in [1.807, 2.05) is 0 Å². The molecule has 0 bridgehead atoms. The predicted molar refractivity (Wildman–Crippen MR) is 41.5 cm³/mol. The Hall–Kier alpha value is -0.600. The zero-order chi connectivity index (χ0) is 7.84. The van der Waals surface area contributed by atoms with Gasteiger partial charge in [-0.3, -0.25) is 0 Å². The van der Waals surface area contributed by atoms with Crippen LogP contribution in [0.25, 0.3) is 0 Å². The summed E-state index contributed by atoms with van der Waals surface area (Å²) in [6.07, 6.45) is 0. The van der Waals surface area contributed by atoms with Gasteiger partial charge in [0, 0.05) is 13.1 Å². The Morgan fingerprint density at radius 3 is 2.82 bits per heavy atom. The highest BCUT2D eigenvalue weighted by Gasteiger charge is 2.16. The maximum atomic E-state index is 12.6. The van der Waals surface area contributed by atoms with Gasteiger partial charge < -0.3 is 0 Å². The second-order valence-electron chi connectivity index (χ2n) is 2.69. The van der Waals surface area contributed by atoms with E-state index >= 15 is 0 Å². The van der Waals surface area contributed by atoms with Crippen molar-refractivity contribution in [1.82, 2.24) is 4.42 Å². The molecule has 1 aliphatic rings. The van der Waals surface area contributed by atoms with E-state index in [4.69, 9.17) is 11.8 Å². The molecule has 0 spiro atoms. The number of hydrogen-bond acceptors (Lipinski definition) is 1. The average molecular weight is 172 g/mol. The second kappa shape index (κ2) is 2.47. The monoisotopic (exact) mass is 171 g/mol. The van der Waals surface area contributed by atoms with Crippen molar-refractivity contribution in [3.63, 3.8) is 0 Å². The molecule has 0 amide bonds. The molecule has 2 rings (SSSR count). The number of halogens is 2. The lowest BCUT2D eigenvalue weighted by Gasteiger charge is -1.98. The van der Waals surface area contributed by atoms with Gasteiger partial charge in [-0.2, -0.15) is 0 Å². The van der Waals surface area contributed by atoms with Crippen molar-refractivity contribution >= 4 is 11.8 Å². The minimum atomic E-state index is -0.185. The van der Waals surface area contributed by atoms with Crippen LogP contribution >= 0.6 is 11.8 Å². The second-order valence-corrected chi connectivity index (χ2v) is 3.17. The molecule has 3 heteroatoms. The number of fused-ring (bicyclic) bond motifs is 1. The third kappa shape index (κ3) is 1.24. The van der Waals surface area contributed by atoms with Gasteiger partial charge in [0.15, 0.2) is 0 Å². The van der Waals surface area contributed by atoms with Crippen LogP contribution < -0.4 is 0 Å². The molecule has 1 aromatic carbocycles. The molecule has 1 heterocycles. The summed E-state index contributed by atoms with van der Waals surface area (Å²) in [5, 5.41) is 0. The van der Waals surface area contributed by atoms with E-state index in [-0.39, 0.29) is 5.82 Å². The molecular weight excluding hydrogens is 165 g/mol. The normalized spacial score (nSPS) is 16.9. The summed E-state index contributed by atoms with van der Waals surface area (Å²) in [7, 11) is 0. The first kappa shape index (κ1) is 7.07. The fourth-order valence-electron chi connectivity index (χ4n) is 1.32.